The van der Waals surface area contributed by atoms with E-state index in [1.54, 1.807) is 0 Å². The molecule has 0 bridgehead atoms. The van der Waals surface area contributed by atoms with Crippen molar-refractivity contribution in [3.8, 4) is 0 Å². The Kier molecular flexibility index (Phi) is 3.60. The summed E-state index contributed by atoms with van der Waals surface area (Å²) in [5, 5.41) is 36.4. The minimum absolute atomic E-state index is 0.390. The first-order chi connectivity index (χ1) is 6.11. The Morgan fingerprint density at radius 1 is 1.23 bits per heavy atom. The predicted octanol–water partition coefficient (Wildman–Crippen LogP) is -2.57. The molecular weight excluding hydrogens is 180 g/mol. The molecule has 0 aliphatic carbocycles. The van der Waals surface area contributed by atoms with Crippen LogP contribution in [0.4, 0.5) is 0 Å². The highest BCUT2D eigenvalue weighted by Crippen LogP contribution is 2.21. The molecule has 4 N–H and O–H groups in total. The highest BCUT2D eigenvalue weighted by atomic mass is 16.6. The molecule has 6 heteroatoms. The molecule has 0 aromatic rings. The highest BCUT2D eigenvalue weighted by molar-refractivity contribution is 4.89. The Balaban J connectivity index is 2.69. The summed E-state index contributed by atoms with van der Waals surface area (Å²) >= 11 is 0. The molecule has 6 nitrogen and oxygen atoms in total. The summed E-state index contributed by atoms with van der Waals surface area (Å²) in [7, 11) is 1.32. The number of hydrogen-bond donors (Lipinski definition) is 4. The van der Waals surface area contributed by atoms with Crippen molar-refractivity contribution < 1.29 is 29.9 Å². The lowest BCUT2D eigenvalue weighted by Gasteiger charge is -2.39. The van der Waals surface area contributed by atoms with Crippen LogP contribution >= 0.6 is 0 Å². The molecule has 1 rings (SSSR count). The van der Waals surface area contributed by atoms with Crippen molar-refractivity contribution >= 4 is 0 Å². The Morgan fingerprint density at radius 2 is 1.85 bits per heavy atom. The van der Waals surface area contributed by atoms with Crippen LogP contribution in [-0.4, -0.2) is 64.8 Å². The Morgan fingerprint density at radius 3 is 2.31 bits per heavy atom. The number of aliphatic hydroxyl groups excluding tert-OH is 4. The van der Waals surface area contributed by atoms with Crippen molar-refractivity contribution in [1.29, 1.82) is 0 Å². The SMILES string of the molecule is CO[C@H]1[C@H](O)[C@@H](O)[C@H](O)O[C@@H]1CO. The van der Waals surface area contributed by atoms with Crippen molar-refractivity contribution in [3.63, 3.8) is 0 Å². The van der Waals surface area contributed by atoms with Gasteiger partial charge in [-0.05, 0) is 0 Å². The van der Waals surface area contributed by atoms with Crippen LogP contribution < -0.4 is 0 Å². The first kappa shape index (κ1) is 10.8. The van der Waals surface area contributed by atoms with E-state index in [1.807, 2.05) is 0 Å². The zero-order valence-electron chi connectivity index (χ0n) is 7.20. The van der Waals surface area contributed by atoms with E-state index in [2.05, 4.69) is 0 Å². The Labute approximate surface area is 75.3 Å². The van der Waals surface area contributed by atoms with E-state index in [0.29, 0.717) is 0 Å². The second-order valence-corrected chi connectivity index (χ2v) is 2.93. The van der Waals surface area contributed by atoms with Crippen molar-refractivity contribution in [3.05, 3.63) is 0 Å². The van der Waals surface area contributed by atoms with Gasteiger partial charge in [-0.1, -0.05) is 0 Å². The van der Waals surface area contributed by atoms with E-state index in [9.17, 15) is 10.2 Å². The van der Waals surface area contributed by atoms with Gasteiger partial charge in [0.25, 0.3) is 0 Å². The molecule has 0 unspecified atom stereocenters. The van der Waals surface area contributed by atoms with Gasteiger partial charge in [-0.25, -0.2) is 0 Å². The number of rotatable bonds is 2. The van der Waals surface area contributed by atoms with Gasteiger partial charge in [-0.3, -0.25) is 0 Å². The largest absolute Gasteiger partial charge is 0.394 e. The molecule has 0 spiro atoms. The van der Waals surface area contributed by atoms with Crippen LogP contribution in [0.2, 0.25) is 0 Å². The summed E-state index contributed by atoms with van der Waals surface area (Å²) < 4.78 is 9.61. The molecule has 0 saturated carbocycles. The zero-order chi connectivity index (χ0) is 10.0. The predicted molar refractivity (Wildman–Crippen MR) is 40.8 cm³/mol. The number of ether oxygens (including phenoxy) is 2. The van der Waals surface area contributed by atoms with Crippen LogP contribution in [0, 0.1) is 0 Å². The van der Waals surface area contributed by atoms with E-state index >= 15 is 0 Å². The Hall–Kier alpha value is -0.240. The number of methoxy groups -OCH3 is 1. The molecule has 0 aromatic carbocycles. The molecular formula is C7H14O6. The smallest absolute Gasteiger partial charge is 0.184 e. The third kappa shape index (κ3) is 1.98. The second-order valence-electron chi connectivity index (χ2n) is 2.93. The van der Waals surface area contributed by atoms with Gasteiger partial charge in [0.1, 0.15) is 24.4 Å². The fourth-order valence-electron chi connectivity index (χ4n) is 1.36. The fourth-order valence-corrected chi connectivity index (χ4v) is 1.36. The lowest BCUT2D eigenvalue weighted by atomic mass is 9.99. The Bertz CT molecular complexity index is 161. The van der Waals surface area contributed by atoms with Crippen LogP contribution in [0.1, 0.15) is 0 Å². The van der Waals surface area contributed by atoms with Crippen molar-refractivity contribution in [1.82, 2.24) is 0 Å². The average Bonchev–Trinajstić information content (AvgIpc) is 2.13. The standard InChI is InChI=1S/C7H14O6/c1-12-6-3(2-8)13-7(11)5(10)4(6)9/h3-11H,2H2,1H3/t3-,4-,5-,6-,7-/m1/s1. The van der Waals surface area contributed by atoms with Gasteiger partial charge in [0, 0.05) is 7.11 Å². The van der Waals surface area contributed by atoms with Gasteiger partial charge in [0.2, 0.25) is 0 Å². The molecule has 0 aromatic heterocycles. The van der Waals surface area contributed by atoms with E-state index in [0.717, 1.165) is 0 Å². The minimum atomic E-state index is -1.49. The molecule has 5 atom stereocenters. The maximum absolute atomic E-state index is 9.38. The fraction of sp³-hybridized carbons (Fsp3) is 1.00. The van der Waals surface area contributed by atoms with Crippen LogP contribution in [0.5, 0.6) is 0 Å². The molecule has 78 valence electrons. The molecule has 0 radical (unpaired) electrons. The van der Waals surface area contributed by atoms with Gasteiger partial charge in [0.15, 0.2) is 6.29 Å². The summed E-state index contributed by atoms with van der Waals surface area (Å²) in [6, 6.07) is 0. The van der Waals surface area contributed by atoms with E-state index in [1.165, 1.54) is 7.11 Å². The van der Waals surface area contributed by atoms with Crippen LogP contribution in [0.25, 0.3) is 0 Å². The molecule has 1 aliphatic heterocycles. The summed E-state index contributed by atoms with van der Waals surface area (Å²) in [5.74, 6) is 0. The van der Waals surface area contributed by atoms with Gasteiger partial charge in [-0.2, -0.15) is 0 Å². The van der Waals surface area contributed by atoms with Gasteiger partial charge in [-0.15, -0.1) is 0 Å². The summed E-state index contributed by atoms with van der Waals surface area (Å²) in [4.78, 5) is 0. The van der Waals surface area contributed by atoms with E-state index in [4.69, 9.17) is 19.7 Å². The topological polar surface area (TPSA) is 99.4 Å². The monoisotopic (exact) mass is 194 g/mol. The first-order valence-electron chi connectivity index (χ1n) is 3.95. The van der Waals surface area contributed by atoms with Crippen molar-refractivity contribution in [2.75, 3.05) is 13.7 Å². The van der Waals surface area contributed by atoms with Gasteiger partial charge >= 0.3 is 0 Å². The third-order valence-electron chi connectivity index (χ3n) is 2.11. The maximum atomic E-state index is 9.38. The van der Waals surface area contributed by atoms with E-state index < -0.39 is 30.7 Å². The van der Waals surface area contributed by atoms with Gasteiger partial charge in [0.05, 0.1) is 6.61 Å². The molecule has 1 saturated heterocycles. The summed E-state index contributed by atoms with van der Waals surface area (Å²) in [5.41, 5.74) is 0. The highest BCUT2D eigenvalue weighted by Gasteiger charge is 2.43. The third-order valence-corrected chi connectivity index (χ3v) is 2.11. The quantitative estimate of drug-likeness (QED) is 0.386. The minimum Gasteiger partial charge on any atom is -0.394 e. The molecule has 0 amide bonds. The van der Waals surface area contributed by atoms with E-state index in [-0.39, 0.29) is 6.61 Å². The zero-order valence-corrected chi connectivity index (χ0v) is 7.20. The normalized spacial score (nSPS) is 46.4. The lowest BCUT2D eigenvalue weighted by molar-refractivity contribution is -0.290. The summed E-state index contributed by atoms with van der Waals surface area (Å²) in [6.45, 7) is -0.390. The molecule has 1 aliphatic rings. The van der Waals surface area contributed by atoms with Crippen LogP contribution in [0.15, 0.2) is 0 Å². The maximum Gasteiger partial charge on any atom is 0.184 e. The number of hydrogen-bond acceptors (Lipinski definition) is 6. The average molecular weight is 194 g/mol. The van der Waals surface area contributed by atoms with Gasteiger partial charge < -0.3 is 29.9 Å². The summed E-state index contributed by atoms with van der Waals surface area (Å²) in [6.07, 6.45) is -5.81. The lowest BCUT2D eigenvalue weighted by Crippen LogP contribution is -2.59. The molecule has 1 fully saturated rings. The van der Waals surface area contributed by atoms with Crippen LogP contribution in [-0.2, 0) is 9.47 Å². The van der Waals surface area contributed by atoms with Crippen molar-refractivity contribution in [2.45, 2.75) is 30.7 Å². The van der Waals surface area contributed by atoms with Crippen LogP contribution in [0.3, 0.4) is 0 Å². The molecule has 1 heterocycles. The molecule has 13 heavy (non-hydrogen) atoms. The second kappa shape index (κ2) is 4.32. The first-order valence-corrected chi connectivity index (χ1v) is 3.95. The number of aliphatic hydroxyl groups is 4. The van der Waals surface area contributed by atoms with Crippen molar-refractivity contribution in [2.24, 2.45) is 0 Å².